The maximum atomic E-state index is 11.0. The van der Waals surface area contributed by atoms with E-state index >= 15 is 0 Å². The smallest absolute Gasteiger partial charge is 0.242 e. The molecule has 0 aliphatic heterocycles. The Morgan fingerprint density at radius 1 is 1.46 bits per heavy atom. The number of alkyl halides is 1. The van der Waals surface area contributed by atoms with Crippen molar-refractivity contribution in [2.45, 2.75) is 6.92 Å². The monoisotopic (exact) mass is 265 g/mol. The molecule has 1 N–H and O–H groups in total. The minimum Gasteiger partial charge on any atom is -0.280 e. The van der Waals surface area contributed by atoms with Crippen molar-refractivity contribution in [1.29, 1.82) is 0 Å². The number of hydrogen-bond acceptors (Lipinski definition) is 4. The van der Waals surface area contributed by atoms with E-state index in [1.54, 1.807) is 6.92 Å². The van der Waals surface area contributed by atoms with Crippen LogP contribution in [-0.4, -0.2) is 23.0 Å². The fraction of sp³-hybridized carbons (Fsp3) is 0.333. The largest absolute Gasteiger partial charge is 0.280 e. The summed E-state index contributed by atoms with van der Waals surface area (Å²) in [6.45, 7) is 1.72. The van der Waals surface area contributed by atoms with Crippen LogP contribution in [0.3, 0.4) is 0 Å². The van der Waals surface area contributed by atoms with E-state index in [9.17, 15) is 8.42 Å². The highest BCUT2D eigenvalue weighted by Crippen LogP contribution is 2.06. The van der Waals surface area contributed by atoms with Crippen LogP contribution in [-0.2, 0) is 10.0 Å². The lowest BCUT2D eigenvalue weighted by Gasteiger charge is -2.03. The van der Waals surface area contributed by atoms with E-state index in [1.165, 1.54) is 12.4 Å². The van der Waals surface area contributed by atoms with Gasteiger partial charge in [-0.05, 0) is 6.92 Å². The number of anilines is 1. The van der Waals surface area contributed by atoms with E-state index in [-0.39, 0.29) is 4.66 Å². The molecule has 5 nitrogen and oxygen atoms in total. The van der Waals surface area contributed by atoms with Crippen molar-refractivity contribution in [3.63, 3.8) is 0 Å². The molecule has 0 saturated carbocycles. The fourth-order valence-corrected chi connectivity index (χ4v) is 1.51. The molecule has 0 radical (unpaired) electrons. The number of aromatic nitrogens is 2. The van der Waals surface area contributed by atoms with Crippen LogP contribution in [0.1, 0.15) is 5.82 Å². The van der Waals surface area contributed by atoms with Crippen LogP contribution in [0.2, 0.25) is 0 Å². The second-order valence-electron chi connectivity index (χ2n) is 2.34. The van der Waals surface area contributed by atoms with Gasteiger partial charge >= 0.3 is 0 Å². The topological polar surface area (TPSA) is 72.0 Å². The van der Waals surface area contributed by atoms with E-state index in [4.69, 9.17) is 0 Å². The summed E-state index contributed by atoms with van der Waals surface area (Å²) >= 11 is 2.85. The third kappa shape index (κ3) is 3.27. The average molecular weight is 266 g/mol. The number of rotatable bonds is 3. The molecule has 0 saturated heterocycles. The summed E-state index contributed by atoms with van der Waals surface area (Å²) in [5.74, 6) is 0.599. The summed E-state index contributed by atoms with van der Waals surface area (Å²) in [6, 6.07) is 0. The molecule has 1 aromatic heterocycles. The van der Waals surface area contributed by atoms with Crippen molar-refractivity contribution >= 4 is 31.6 Å². The Labute approximate surface area is 84.8 Å². The Morgan fingerprint density at radius 3 is 2.46 bits per heavy atom. The molecule has 0 aliphatic carbocycles. The molecule has 0 amide bonds. The van der Waals surface area contributed by atoms with Crippen molar-refractivity contribution in [2.75, 3.05) is 9.38 Å². The van der Waals surface area contributed by atoms with Gasteiger partial charge < -0.3 is 0 Å². The van der Waals surface area contributed by atoms with Crippen molar-refractivity contribution in [3.8, 4) is 0 Å². The summed E-state index contributed by atoms with van der Waals surface area (Å²) in [6.07, 6.45) is 2.84. The van der Waals surface area contributed by atoms with Gasteiger partial charge in [-0.2, -0.15) is 0 Å². The Kier molecular flexibility index (Phi) is 3.21. The maximum absolute atomic E-state index is 11.0. The Bertz CT molecular complexity index is 375. The number of nitrogens with zero attached hydrogens (tertiary/aromatic N) is 2. The molecule has 0 aromatic carbocycles. The van der Waals surface area contributed by atoms with Gasteiger partial charge in [-0.25, -0.2) is 18.4 Å². The van der Waals surface area contributed by atoms with Gasteiger partial charge in [-0.3, -0.25) is 4.72 Å². The van der Waals surface area contributed by atoms with Crippen LogP contribution in [0.5, 0.6) is 0 Å². The zero-order valence-electron chi connectivity index (χ0n) is 6.86. The Morgan fingerprint density at radius 2 is 2.00 bits per heavy atom. The molecule has 0 bridgehead atoms. The summed E-state index contributed by atoms with van der Waals surface area (Å²) in [5, 5.41) is 0. The number of aryl methyl sites for hydroxylation is 1. The van der Waals surface area contributed by atoms with Gasteiger partial charge in [0, 0.05) is 0 Å². The standard InChI is InChI=1S/C6H8BrN3O2S/c1-5-8-2-6(3-9-5)10-13(11,12)4-7/h2-3,10H,4H2,1H3. The summed E-state index contributed by atoms with van der Waals surface area (Å²) in [5.41, 5.74) is 0.366. The number of hydrogen-bond donors (Lipinski definition) is 1. The molecule has 72 valence electrons. The number of nitrogens with one attached hydrogen (secondary N) is 1. The second kappa shape index (κ2) is 4.01. The van der Waals surface area contributed by atoms with Gasteiger partial charge in [0.15, 0.2) is 0 Å². The first-order chi connectivity index (χ1) is 6.03. The van der Waals surface area contributed by atoms with Gasteiger partial charge in [-0.15, -0.1) is 0 Å². The lowest BCUT2D eigenvalue weighted by molar-refractivity contribution is 0.606. The molecule has 13 heavy (non-hydrogen) atoms. The minimum absolute atomic E-state index is 0.145. The van der Waals surface area contributed by atoms with Crippen molar-refractivity contribution in [2.24, 2.45) is 0 Å². The van der Waals surface area contributed by atoms with Crippen LogP contribution in [0, 0.1) is 6.92 Å². The van der Waals surface area contributed by atoms with E-state index < -0.39 is 10.0 Å². The molecule has 0 unspecified atom stereocenters. The molecule has 0 atom stereocenters. The van der Waals surface area contributed by atoms with Crippen LogP contribution in [0.25, 0.3) is 0 Å². The molecular formula is C6H8BrN3O2S. The fourth-order valence-electron chi connectivity index (χ4n) is 0.652. The highest BCUT2D eigenvalue weighted by Gasteiger charge is 2.07. The van der Waals surface area contributed by atoms with E-state index in [1.807, 2.05) is 0 Å². The molecule has 7 heteroatoms. The van der Waals surface area contributed by atoms with Crippen LogP contribution in [0.4, 0.5) is 5.69 Å². The Hall–Kier alpha value is -0.690. The normalized spacial score (nSPS) is 11.2. The van der Waals surface area contributed by atoms with Crippen molar-refractivity contribution in [1.82, 2.24) is 9.97 Å². The summed E-state index contributed by atoms with van der Waals surface area (Å²) < 4.78 is 24.2. The minimum atomic E-state index is -3.30. The SMILES string of the molecule is Cc1ncc(NS(=O)(=O)CBr)cn1. The lowest BCUT2D eigenvalue weighted by atomic mass is 10.5. The molecular weight excluding hydrogens is 258 g/mol. The van der Waals surface area contributed by atoms with Crippen LogP contribution >= 0.6 is 15.9 Å². The molecule has 0 spiro atoms. The van der Waals surface area contributed by atoms with Gasteiger partial charge in [0.2, 0.25) is 10.0 Å². The first kappa shape index (κ1) is 10.4. The molecule has 0 fully saturated rings. The predicted octanol–water partition coefficient (Wildman–Crippen LogP) is 0.879. The van der Waals surface area contributed by atoms with E-state index in [0.717, 1.165) is 0 Å². The van der Waals surface area contributed by atoms with Crippen LogP contribution in [0.15, 0.2) is 12.4 Å². The number of halogens is 1. The van der Waals surface area contributed by atoms with Gasteiger partial charge in [-0.1, -0.05) is 15.9 Å². The van der Waals surface area contributed by atoms with E-state index in [0.29, 0.717) is 11.5 Å². The first-order valence-corrected chi connectivity index (χ1v) is 6.16. The number of sulfonamides is 1. The van der Waals surface area contributed by atoms with Crippen molar-refractivity contribution in [3.05, 3.63) is 18.2 Å². The zero-order chi connectivity index (χ0) is 9.90. The lowest BCUT2D eigenvalue weighted by Crippen LogP contribution is -2.13. The summed E-state index contributed by atoms with van der Waals surface area (Å²) in [7, 11) is -3.30. The Balaban J connectivity index is 2.82. The van der Waals surface area contributed by atoms with Crippen LogP contribution < -0.4 is 4.72 Å². The highest BCUT2D eigenvalue weighted by molar-refractivity contribution is 9.10. The predicted molar refractivity (Wildman–Crippen MR) is 53.1 cm³/mol. The molecule has 1 rings (SSSR count). The molecule has 1 aromatic rings. The van der Waals surface area contributed by atoms with Gasteiger partial charge in [0.1, 0.15) is 10.5 Å². The average Bonchev–Trinajstić information content (AvgIpc) is 2.09. The summed E-state index contributed by atoms with van der Waals surface area (Å²) in [4.78, 5) is 7.69. The third-order valence-corrected chi connectivity index (χ3v) is 3.84. The highest BCUT2D eigenvalue weighted by atomic mass is 79.9. The van der Waals surface area contributed by atoms with E-state index in [2.05, 4.69) is 30.6 Å². The first-order valence-electron chi connectivity index (χ1n) is 3.38. The quantitative estimate of drug-likeness (QED) is 0.824. The molecule has 1 heterocycles. The zero-order valence-corrected chi connectivity index (χ0v) is 9.26. The van der Waals surface area contributed by atoms with Gasteiger partial charge in [0.25, 0.3) is 0 Å². The molecule has 0 aliphatic rings. The third-order valence-electron chi connectivity index (χ3n) is 1.20. The van der Waals surface area contributed by atoms with Crippen molar-refractivity contribution < 1.29 is 8.42 Å². The second-order valence-corrected chi connectivity index (χ2v) is 5.37. The van der Waals surface area contributed by atoms with Gasteiger partial charge in [0.05, 0.1) is 18.1 Å². The maximum Gasteiger partial charge on any atom is 0.242 e.